The van der Waals surface area contributed by atoms with Crippen molar-refractivity contribution in [3.63, 3.8) is 0 Å². The second kappa shape index (κ2) is 6.97. The van der Waals surface area contributed by atoms with Gasteiger partial charge in [0.1, 0.15) is 5.76 Å². The maximum Gasteiger partial charge on any atom is 0.210 e. The molecule has 0 N–H and O–H groups in total. The number of ketones is 1. The van der Waals surface area contributed by atoms with Crippen molar-refractivity contribution in [2.24, 2.45) is 0 Å². The van der Waals surface area contributed by atoms with Gasteiger partial charge < -0.3 is 4.74 Å². The lowest BCUT2D eigenvalue weighted by Gasteiger charge is -2.21. The van der Waals surface area contributed by atoms with Crippen LogP contribution in [0.5, 0.6) is 0 Å². The molecule has 1 heterocycles. The second-order valence-corrected chi connectivity index (χ2v) is 9.08. The van der Waals surface area contributed by atoms with Crippen molar-refractivity contribution >= 4 is 27.0 Å². The van der Waals surface area contributed by atoms with E-state index in [0.29, 0.717) is 23.3 Å². The molecule has 0 saturated carbocycles. The van der Waals surface area contributed by atoms with E-state index >= 15 is 0 Å². The van der Waals surface area contributed by atoms with Crippen molar-refractivity contribution < 1.29 is 17.9 Å². The van der Waals surface area contributed by atoms with Crippen LogP contribution < -0.4 is 0 Å². The van der Waals surface area contributed by atoms with Gasteiger partial charge in [-0.15, -0.1) is 0 Å². The summed E-state index contributed by atoms with van der Waals surface area (Å²) in [4.78, 5) is 13.4. The van der Waals surface area contributed by atoms with Gasteiger partial charge in [-0.2, -0.15) is 0 Å². The third-order valence-corrected chi connectivity index (χ3v) is 6.26. The molecule has 0 amide bonds. The second-order valence-electron chi connectivity index (χ2n) is 7.07. The zero-order chi connectivity index (χ0) is 19.8. The number of Topliss-reactive ketones (excluding diaryl/α,β-unsaturated/α-hetero) is 1. The SMILES string of the molecule is CCc1ccc(C2=C(c3ccc(S(C)(=O)=O)cc3)OC(C)(CC)C2=O)cc1. The molecule has 0 radical (unpaired) electrons. The normalized spacial score (nSPS) is 20.1. The van der Waals surface area contributed by atoms with Gasteiger partial charge in [-0.25, -0.2) is 8.42 Å². The molecule has 4 nitrogen and oxygen atoms in total. The van der Waals surface area contributed by atoms with E-state index in [1.165, 1.54) is 11.8 Å². The summed E-state index contributed by atoms with van der Waals surface area (Å²) < 4.78 is 29.6. The number of sulfone groups is 1. The molecule has 0 aliphatic carbocycles. The summed E-state index contributed by atoms with van der Waals surface area (Å²) in [6, 6.07) is 14.4. The summed E-state index contributed by atoms with van der Waals surface area (Å²) in [5, 5.41) is 0. The molecular formula is C22H24O4S. The molecule has 2 aromatic rings. The first-order chi connectivity index (χ1) is 12.7. The van der Waals surface area contributed by atoms with Crippen LogP contribution in [0.1, 0.15) is 43.9 Å². The van der Waals surface area contributed by atoms with Gasteiger partial charge in [0, 0.05) is 11.8 Å². The minimum absolute atomic E-state index is 0.0450. The molecule has 0 aromatic heterocycles. The molecule has 142 valence electrons. The summed E-state index contributed by atoms with van der Waals surface area (Å²) in [6.07, 6.45) is 2.65. The van der Waals surface area contributed by atoms with E-state index in [-0.39, 0.29) is 10.7 Å². The van der Waals surface area contributed by atoms with Crippen LogP contribution in [-0.4, -0.2) is 26.1 Å². The standard InChI is InChI=1S/C22H24O4S/c1-5-15-7-9-16(10-8-15)19-20(26-22(3,6-2)21(19)23)17-11-13-18(14-12-17)27(4,24)25/h7-14H,5-6H2,1-4H3. The van der Waals surface area contributed by atoms with Gasteiger partial charge in [0.05, 0.1) is 10.5 Å². The van der Waals surface area contributed by atoms with Gasteiger partial charge in [0.25, 0.3) is 0 Å². The smallest absolute Gasteiger partial charge is 0.210 e. The van der Waals surface area contributed by atoms with Crippen LogP contribution in [0.15, 0.2) is 53.4 Å². The Hall–Kier alpha value is -2.40. The summed E-state index contributed by atoms with van der Waals surface area (Å²) in [5.74, 6) is 0.463. The summed E-state index contributed by atoms with van der Waals surface area (Å²) in [7, 11) is -3.28. The van der Waals surface area contributed by atoms with E-state index < -0.39 is 15.4 Å². The Morgan fingerprint density at radius 1 is 0.926 bits per heavy atom. The Morgan fingerprint density at radius 2 is 1.48 bits per heavy atom. The van der Waals surface area contributed by atoms with Crippen LogP contribution in [0.2, 0.25) is 0 Å². The summed E-state index contributed by atoms with van der Waals surface area (Å²) in [6.45, 7) is 5.81. The lowest BCUT2D eigenvalue weighted by atomic mass is 9.89. The molecule has 0 bridgehead atoms. The molecule has 1 aliphatic rings. The zero-order valence-corrected chi connectivity index (χ0v) is 16.9. The molecule has 0 spiro atoms. The first kappa shape index (κ1) is 19.4. The Labute approximate surface area is 160 Å². The Kier molecular flexibility index (Phi) is 5.00. The van der Waals surface area contributed by atoms with Crippen LogP contribution in [0, 0.1) is 0 Å². The van der Waals surface area contributed by atoms with Crippen molar-refractivity contribution in [1.29, 1.82) is 0 Å². The molecule has 27 heavy (non-hydrogen) atoms. The predicted molar refractivity (Wildman–Crippen MR) is 107 cm³/mol. The number of aryl methyl sites for hydroxylation is 1. The number of carbonyl (C=O) groups is 1. The first-order valence-corrected chi connectivity index (χ1v) is 11.0. The number of ether oxygens (including phenoxy) is 1. The molecule has 3 rings (SSSR count). The van der Waals surface area contributed by atoms with Crippen molar-refractivity contribution in [3.8, 4) is 0 Å². The van der Waals surface area contributed by atoms with E-state index in [4.69, 9.17) is 4.74 Å². The fraction of sp³-hybridized carbons (Fsp3) is 0.318. The number of hydrogen-bond donors (Lipinski definition) is 0. The van der Waals surface area contributed by atoms with E-state index in [9.17, 15) is 13.2 Å². The van der Waals surface area contributed by atoms with E-state index in [1.54, 1.807) is 31.2 Å². The maximum atomic E-state index is 13.1. The quantitative estimate of drug-likeness (QED) is 0.772. The third kappa shape index (κ3) is 3.56. The average Bonchev–Trinajstić information content (AvgIpc) is 2.93. The Balaban J connectivity index is 2.14. The molecule has 1 unspecified atom stereocenters. The minimum atomic E-state index is -3.28. The van der Waals surface area contributed by atoms with Gasteiger partial charge in [-0.05, 0) is 55.2 Å². The van der Waals surface area contributed by atoms with Crippen LogP contribution in [0.25, 0.3) is 11.3 Å². The van der Waals surface area contributed by atoms with Gasteiger partial charge in [-0.1, -0.05) is 38.1 Å². The van der Waals surface area contributed by atoms with Gasteiger partial charge >= 0.3 is 0 Å². The summed E-state index contributed by atoms with van der Waals surface area (Å²) in [5.41, 5.74) is 2.35. The lowest BCUT2D eigenvalue weighted by molar-refractivity contribution is -0.126. The molecular weight excluding hydrogens is 360 g/mol. The predicted octanol–water partition coefficient (Wildman–Crippen LogP) is 4.29. The van der Waals surface area contributed by atoms with Crippen molar-refractivity contribution in [3.05, 3.63) is 65.2 Å². The van der Waals surface area contributed by atoms with E-state index in [0.717, 1.165) is 12.0 Å². The monoisotopic (exact) mass is 384 g/mol. The number of hydrogen-bond acceptors (Lipinski definition) is 4. The van der Waals surface area contributed by atoms with Crippen molar-refractivity contribution in [1.82, 2.24) is 0 Å². The van der Waals surface area contributed by atoms with E-state index in [2.05, 4.69) is 6.92 Å². The van der Waals surface area contributed by atoms with Gasteiger partial charge in [0.2, 0.25) is 5.78 Å². The van der Waals surface area contributed by atoms with Crippen LogP contribution >= 0.6 is 0 Å². The Bertz CT molecular complexity index is 999. The Morgan fingerprint density at radius 3 is 1.96 bits per heavy atom. The van der Waals surface area contributed by atoms with Crippen LogP contribution in [0.3, 0.4) is 0 Å². The molecule has 0 fully saturated rings. The third-order valence-electron chi connectivity index (χ3n) is 5.13. The van der Waals surface area contributed by atoms with Crippen molar-refractivity contribution in [2.75, 3.05) is 6.26 Å². The fourth-order valence-electron chi connectivity index (χ4n) is 3.15. The maximum absolute atomic E-state index is 13.1. The number of rotatable bonds is 5. The van der Waals surface area contributed by atoms with Crippen LogP contribution in [-0.2, 0) is 25.8 Å². The number of carbonyl (C=O) groups excluding carboxylic acids is 1. The fourth-order valence-corrected chi connectivity index (χ4v) is 3.78. The van der Waals surface area contributed by atoms with Crippen LogP contribution in [0.4, 0.5) is 0 Å². The highest BCUT2D eigenvalue weighted by Crippen LogP contribution is 2.43. The zero-order valence-electron chi connectivity index (χ0n) is 16.1. The molecule has 1 aliphatic heterocycles. The molecule has 5 heteroatoms. The molecule has 1 atom stereocenters. The topological polar surface area (TPSA) is 60.4 Å². The highest BCUT2D eigenvalue weighted by Gasteiger charge is 2.45. The largest absolute Gasteiger partial charge is 0.478 e. The number of benzene rings is 2. The van der Waals surface area contributed by atoms with Gasteiger partial charge in [0.15, 0.2) is 15.4 Å². The van der Waals surface area contributed by atoms with Gasteiger partial charge in [-0.3, -0.25) is 4.79 Å². The molecule has 0 saturated heterocycles. The molecule has 2 aromatic carbocycles. The highest BCUT2D eigenvalue weighted by atomic mass is 32.2. The minimum Gasteiger partial charge on any atom is -0.478 e. The average molecular weight is 384 g/mol. The first-order valence-electron chi connectivity index (χ1n) is 9.07. The highest BCUT2D eigenvalue weighted by molar-refractivity contribution is 7.90. The summed E-state index contributed by atoms with van der Waals surface area (Å²) >= 11 is 0. The van der Waals surface area contributed by atoms with E-state index in [1.807, 2.05) is 31.2 Å². The van der Waals surface area contributed by atoms with Crippen molar-refractivity contribution in [2.45, 2.75) is 44.1 Å². The lowest BCUT2D eigenvalue weighted by Crippen LogP contribution is -2.32.